The summed E-state index contributed by atoms with van der Waals surface area (Å²) in [4.78, 5) is 2.57. The zero-order valence-electron chi connectivity index (χ0n) is 35.2. The normalized spacial score (nSPS) is 15.3. The maximum Gasteiger partial charge on any atom is 0.0625 e. The minimum atomic E-state index is 0.124. The van der Waals surface area contributed by atoms with Gasteiger partial charge in [-0.25, -0.2) is 0 Å². The van der Waals surface area contributed by atoms with Crippen LogP contribution in [0.1, 0.15) is 31.2 Å². The molecule has 63 heavy (non-hydrogen) atoms. The van der Waals surface area contributed by atoms with Gasteiger partial charge in [0.05, 0.1) is 17.1 Å². The van der Waals surface area contributed by atoms with Crippen LogP contribution in [0, 0.1) is 0 Å². The van der Waals surface area contributed by atoms with E-state index in [9.17, 15) is 0 Å². The lowest BCUT2D eigenvalue weighted by molar-refractivity contribution is 0.714. The molecule has 300 valence electrons. The Kier molecular flexibility index (Phi) is 9.22. The SMILES string of the molecule is C1=CC(n2c3ccccc3c3c(-c4cccc(N(c5ccc(-c6ccc7ccccc7c6)cc5)C5C=CC(c6cccc7ccccc67)=CCC5)c4)cc4ccccc4c32)=CCC1. The molecule has 1 unspecified atom stereocenters. The van der Waals surface area contributed by atoms with Crippen molar-refractivity contribution in [2.45, 2.75) is 31.7 Å². The summed E-state index contributed by atoms with van der Waals surface area (Å²) >= 11 is 0. The van der Waals surface area contributed by atoms with E-state index in [1.165, 1.54) is 105 Å². The molecule has 0 aliphatic heterocycles. The van der Waals surface area contributed by atoms with Gasteiger partial charge in [-0.3, -0.25) is 0 Å². The first-order valence-electron chi connectivity index (χ1n) is 22.4. The Balaban J connectivity index is 1.01. The van der Waals surface area contributed by atoms with E-state index < -0.39 is 0 Å². The minimum absolute atomic E-state index is 0.124. The number of hydrogen-bond acceptors (Lipinski definition) is 1. The molecule has 0 radical (unpaired) electrons. The van der Waals surface area contributed by atoms with Crippen molar-refractivity contribution in [2.24, 2.45) is 0 Å². The zero-order valence-corrected chi connectivity index (χ0v) is 35.2. The van der Waals surface area contributed by atoms with Crippen LogP contribution in [0.15, 0.2) is 225 Å². The highest BCUT2D eigenvalue weighted by atomic mass is 15.2. The van der Waals surface area contributed by atoms with Gasteiger partial charge < -0.3 is 9.47 Å². The molecule has 2 nitrogen and oxygen atoms in total. The van der Waals surface area contributed by atoms with Gasteiger partial charge in [0.15, 0.2) is 0 Å². The monoisotopic (exact) mass is 806 g/mol. The first kappa shape index (κ1) is 37.1. The second-order valence-corrected chi connectivity index (χ2v) is 17.0. The molecule has 1 atom stereocenters. The number of benzene rings is 9. The molecule has 0 fully saturated rings. The molecule has 10 aromatic rings. The van der Waals surface area contributed by atoms with Gasteiger partial charge in [-0.15, -0.1) is 0 Å². The van der Waals surface area contributed by atoms with E-state index in [1.807, 2.05) is 0 Å². The molecular weight excluding hydrogens is 761 g/mol. The van der Waals surface area contributed by atoms with Gasteiger partial charge in [-0.2, -0.15) is 0 Å². The fourth-order valence-electron chi connectivity index (χ4n) is 10.3. The highest BCUT2D eigenvalue weighted by molar-refractivity contribution is 6.24. The highest BCUT2D eigenvalue weighted by Crippen LogP contribution is 2.45. The molecule has 0 saturated heterocycles. The van der Waals surface area contributed by atoms with Gasteiger partial charge in [-0.1, -0.05) is 176 Å². The van der Waals surface area contributed by atoms with Crippen LogP contribution in [-0.2, 0) is 0 Å². The summed E-state index contributed by atoms with van der Waals surface area (Å²) in [5, 5.41) is 10.2. The standard InChI is InChI=1S/C61H46N2/c1-2-22-50(23-3-1)63-59-30-11-10-28-57(59)60-58(41-49-18-7-9-27-56(49)61(60)63)48-21-13-25-53(40-48)62(52-36-33-43(34-37-52)47-32-31-42-15-4-5-17-46(42)39-47)51-24-12-19-45(35-38-51)55-29-14-20-44-16-6-8-26-54(44)55/h2,4-11,13-23,25-41,51H,1,3,12,24H2. The van der Waals surface area contributed by atoms with E-state index in [0.717, 1.165) is 25.7 Å². The smallest absolute Gasteiger partial charge is 0.0625 e. The number of para-hydroxylation sites is 1. The summed E-state index contributed by atoms with van der Waals surface area (Å²) in [7, 11) is 0. The lowest BCUT2D eigenvalue weighted by atomic mass is 9.94. The number of fused-ring (bicyclic) bond motifs is 7. The molecule has 1 aromatic heterocycles. The molecule has 0 saturated carbocycles. The van der Waals surface area contributed by atoms with Crippen LogP contribution in [0.3, 0.4) is 0 Å². The van der Waals surface area contributed by atoms with E-state index >= 15 is 0 Å². The van der Waals surface area contributed by atoms with Crippen molar-refractivity contribution >= 4 is 76.8 Å². The first-order valence-corrected chi connectivity index (χ1v) is 22.4. The highest BCUT2D eigenvalue weighted by Gasteiger charge is 2.24. The topological polar surface area (TPSA) is 8.17 Å². The van der Waals surface area contributed by atoms with Crippen molar-refractivity contribution in [3.63, 3.8) is 0 Å². The van der Waals surface area contributed by atoms with E-state index in [1.54, 1.807) is 0 Å². The Labute approximate surface area is 368 Å². The molecule has 2 heteroatoms. The molecule has 0 N–H and O–H groups in total. The third kappa shape index (κ3) is 6.58. The Bertz CT molecular complexity index is 3510. The Morgan fingerprint density at radius 1 is 0.444 bits per heavy atom. The van der Waals surface area contributed by atoms with Crippen LogP contribution in [-0.4, -0.2) is 10.6 Å². The maximum atomic E-state index is 2.57. The molecule has 12 rings (SSSR count). The molecule has 2 aliphatic rings. The molecule has 2 aliphatic carbocycles. The third-order valence-electron chi connectivity index (χ3n) is 13.3. The van der Waals surface area contributed by atoms with Gasteiger partial charge in [0.25, 0.3) is 0 Å². The van der Waals surface area contributed by atoms with E-state index in [0.29, 0.717) is 0 Å². The van der Waals surface area contributed by atoms with Crippen LogP contribution in [0.25, 0.3) is 87.6 Å². The average molecular weight is 807 g/mol. The molecule has 0 bridgehead atoms. The molecule has 0 amide bonds. The van der Waals surface area contributed by atoms with Crippen molar-refractivity contribution in [3.8, 4) is 22.3 Å². The van der Waals surface area contributed by atoms with Crippen LogP contribution >= 0.6 is 0 Å². The predicted octanol–water partition coefficient (Wildman–Crippen LogP) is 16.7. The Hall–Kier alpha value is -7.68. The first-order chi connectivity index (χ1) is 31.2. The Morgan fingerprint density at radius 3 is 2.03 bits per heavy atom. The quantitative estimate of drug-likeness (QED) is 0.156. The van der Waals surface area contributed by atoms with Crippen molar-refractivity contribution in [1.29, 1.82) is 0 Å². The van der Waals surface area contributed by atoms with Crippen molar-refractivity contribution in [1.82, 2.24) is 4.57 Å². The molecule has 0 spiro atoms. The van der Waals surface area contributed by atoms with Gasteiger partial charge in [0.1, 0.15) is 0 Å². The summed E-state index contributed by atoms with van der Waals surface area (Å²) in [6, 6.07) is 69.8. The second-order valence-electron chi connectivity index (χ2n) is 17.0. The summed E-state index contributed by atoms with van der Waals surface area (Å²) < 4.78 is 2.51. The van der Waals surface area contributed by atoms with Gasteiger partial charge >= 0.3 is 0 Å². The van der Waals surface area contributed by atoms with Gasteiger partial charge in [0, 0.05) is 33.2 Å². The summed E-state index contributed by atoms with van der Waals surface area (Å²) in [6.45, 7) is 0. The van der Waals surface area contributed by atoms with Crippen molar-refractivity contribution in [3.05, 3.63) is 230 Å². The number of nitrogens with zero attached hydrogens (tertiary/aromatic N) is 2. The molecular formula is C61H46N2. The summed E-state index contributed by atoms with van der Waals surface area (Å²) in [5.41, 5.74) is 13.6. The molecule has 9 aromatic carbocycles. The van der Waals surface area contributed by atoms with E-state index in [2.05, 4.69) is 234 Å². The lowest BCUT2D eigenvalue weighted by Crippen LogP contribution is -2.29. The minimum Gasteiger partial charge on any atom is -0.334 e. The van der Waals surface area contributed by atoms with E-state index in [-0.39, 0.29) is 6.04 Å². The largest absolute Gasteiger partial charge is 0.334 e. The van der Waals surface area contributed by atoms with Crippen molar-refractivity contribution < 1.29 is 0 Å². The zero-order chi connectivity index (χ0) is 41.7. The second kappa shape index (κ2) is 15.7. The predicted molar refractivity (Wildman–Crippen MR) is 271 cm³/mol. The van der Waals surface area contributed by atoms with Crippen LogP contribution in [0.2, 0.25) is 0 Å². The van der Waals surface area contributed by atoms with Gasteiger partial charge in [0.2, 0.25) is 0 Å². The third-order valence-corrected chi connectivity index (χ3v) is 13.3. The maximum absolute atomic E-state index is 2.57. The summed E-state index contributed by atoms with van der Waals surface area (Å²) in [5.74, 6) is 0. The van der Waals surface area contributed by atoms with E-state index in [4.69, 9.17) is 0 Å². The number of aromatic nitrogens is 1. The number of allylic oxidation sites excluding steroid dienone is 7. The number of rotatable bonds is 7. The summed E-state index contributed by atoms with van der Waals surface area (Å²) in [6.07, 6.45) is 18.4. The van der Waals surface area contributed by atoms with Gasteiger partial charge in [-0.05, 0) is 135 Å². The Morgan fingerprint density at radius 2 is 1.17 bits per heavy atom. The fraction of sp³-hybridized carbons (Fsp3) is 0.0820. The number of anilines is 2. The average Bonchev–Trinajstić information content (AvgIpc) is 3.52. The van der Waals surface area contributed by atoms with Crippen LogP contribution in [0.5, 0.6) is 0 Å². The van der Waals surface area contributed by atoms with Crippen LogP contribution in [0.4, 0.5) is 11.4 Å². The van der Waals surface area contributed by atoms with Crippen LogP contribution < -0.4 is 4.90 Å². The lowest BCUT2D eigenvalue weighted by Gasteiger charge is -2.32. The van der Waals surface area contributed by atoms with Crippen molar-refractivity contribution in [2.75, 3.05) is 4.90 Å². The number of hydrogen-bond donors (Lipinski definition) is 0. The molecule has 1 heterocycles. The fourth-order valence-corrected chi connectivity index (χ4v) is 10.3.